The topological polar surface area (TPSA) is 66.5 Å². The van der Waals surface area contributed by atoms with Gasteiger partial charge in [0.05, 0.1) is 11.8 Å². The molecule has 3 aliphatic rings. The number of imide groups is 1. The van der Waals surface area contributed by atoms with Crippen LogP contribution in [-0.4, -0.2) is 38.8 Å². The quantitative estimate of drug-likeness (QED) is 0.424. The van der Waals surface area contributed by atoms with Crippen LogP contribution in [0, 0.1) is 23.7 Å². The molecule has 4 rings (SSSR count). The lowest BCUT2D eigenvalue weighted by Gasteiger charge is -2.28. The van der Waals surface area contributed by atoms with Crippen molar-refractivity contribution in [2.24, 2.45) is 23.7 Å². The molecule has 0 aromatic heterocycles. The lowest BCUT2D eigenvalue weighted by atomic mass is 9.81. The van der Waals surface area contributed by atoms with E-state index in [2.05, 4.69) is 53.1 Å². The van der Waals surface area contributed by atoms with E-state index in [9.17, 15) is 14.4 Å². The van der Waals surface area contributed by atoms with Crippen molar-refractivity contribution in [2.45, 2.75) is 35.8 Å². The molecule has 0 spiro atoms. The lowest BCUT2D eigenvalue weighted by molar-refractivity contribution is -0.140. The first kappa shape index (κ1) is 20.5. The standard InChI is InChI=1S/C20H21Br3N2O3/c1-2-9-7-10(21)3-4-13(9)24-14(26)5-6-25-19(27)15-11-8-12(16(15)20(25)28)18(23)17(11)22/h3-4,7,11-12,15-18H,2,5-6,8H2,1H3,(H,24,26)/t11-,12-,15-,16+,17-,18-/m1/s1. The number of fused-ring (bicyclic) bond motifs is 5. The van der Waals surface area contributed by atoms with Crippen LogP contribution in [0.15, 0.2) is 22.7 Å². The lowest BCUT2D eigenvalue weighted by Crippen LogP contribution is -2.37. The highest BCUT2D eigenvalue weighted by atomic mass is 79.9. The molecule has 1 N–H and O–H groups in total. The fraction of sp³-hybridized carbons (Fsp3) is 0.550. The van der Waals surface area contributed by atoms with Gasteiger partial charge in [0.2, 0.25) is 17.7 Å². The van der Waals surface area contributed by atoms with Crippen LogP contribution in [-0.2, 0) is 20.8 Å². The van der Waals surface area contributed by atoms with Crippen LogP contribution in [0.3, 0.4) is 0 Å². The second kappa shape index (κ2) is 7.84. The Kier molecular flexibility index (Phi) is 5.75. The van der Waals surface area contributed by atoms with Gasteiger partial charge in [0.15, 0.2) is 0 Å². The summed E-state index contributed by atoms with van der Waals surface area (Å²) in [6.45, 7) is 2.17. The van der Waals surface area contributed by atoms with E-state index in [0.717, 1.165) is 28.6 Å². The van der Waals surface area contributed by atoms with Crippen LogP contribution in [0.4, 0.5) is 5.69 Å². The summed E-state index contributed by atoms with van der Waals surface area (Å²) < 4.78 is 0.965. The molecular formula is C20H21Br3N2O3. The first-order chi connectivity index (χ1) is 13.3. The van der Waals surface area contributed by atoms with Gasteiger partial charge in [-0.3, -0.25) is 19.3 Å². The van der Waals surface area contributed by atoms with Gasteiger partial charge in [0, 0.05) is 32.8 Å². The van der Waals surface area contributed by atoms with Crippen LogP contribution in [0.2, 0.25) is 0 Å². The first-order valence-electron chi connectivity index (χ1n) is 9.55. The van der Waals surface area contributed by atoms with Crippen molar-refractivity contribution in [1.29, 1.82) is 0 Å². The maximum absolute atomic E-state index is 12.9. The number of alkyl halides is 2. The van der Waals surface area contributed by atoms with Crippen molar-refractivity contribution in [3.05, 3.63) is 28.2 Å². The fourth-order valence-corrected chi connectivity index (χ4v) is 7.32. The van der Waals surface area contributed by atoms with Gasteiger partial charge in [-0.15, -0.1) is 0 Å². The van der Waals surface area contributed by atoms with Crippen LogP contribution in [0.5, 0.6) is 0 Å². The number of benzene rings is 1. The smallest absolute Gasteiger partial charge is 0.233 e. The summed E-state index contributed by atoms with van der Waals surface area (Å²) in [5, 5.41) is 2.91. The third kappa shape index (κ3) is 3.29. The van der Waals surface area contributed by atoms with Gasteiger partial charge in [-0.2, -0.15) is 0 Å². The Balaban J connectivity index is 1.40. The van der Waals surface area contributed by atoms with Gasteiger partial charge in [-0.25, -0.2) is 0 Å². The molecule has 2 aliphatic carbocycles. The number of anilines is 1. The Bertz CT molecular complexity index is 814. The molecule has 1 aromatic carbocycles. The van der Waals surface area contributed by atoms with Crippen molar-refractivity contribution < 1.29 is 14.4 Å². The summed E-state index contributed by atoms with van der Waals surface area (Å²) in [6, 6.07) is 5.72. The van der Waals surface area contributed by atoms with Crippen LogP contribution >= 0.6 is 47.8 Å². The zero-order valence-electron chi connectivity index (χ0n) is 15.3. The Morgan fingerprint density at radius 3 is 2.32 bits per heavy atom. The van der Waals surface area contributed by atoms with Gasteiger partial charge in [-0.1, -0.05) is 54.7 Å². The molecule has 2 bridgehead atoms. The molecule has 1 aromatic rings. The summed E-state index contributed by atoms with van der Waals surface area (Å²) >= 11 is 10.8. The predicted molar refractivity (Wildman–Crippen MR) is 117 cm³/mol. The molecular weight excluding hydrogens is 556 g/mol. The van der Waals surface area contributed by atoms with Gasteiger partial charge in [0.25, 0.3) is 0 Å². The maximum atomic E-state index is 12.9. The number of amides is 3. The molecule has 1 heterocycles. The number of likely N-dealkylation sites (tertiary alicyclic amines) is 1. The summed E-state index contributed by atoms with van der Waals surface area (Å²) in [4.78, 5) is 40.0. The minimum atomic E-state index is -0.225. The summed E-state index contributed by atoms with van der Waals surface area (Å²) in [5.41, 5.74) is 1.81. The molecule has 3 amide bonds. The van der Waals surface area contributed by atoms with Crippen molar-refractivity contribution in [2.75, 3.05) is 11.9 Å². The van der Waals surface area contributed by atoms with Crippen molar-refractivity contribution in [3.8, 4) is 0 Å². The Morgan fingerprint density at radius 1 is 1.14 bits per heavy atom. The summed E-state index contributed by atoms with van der Waals surface area (Å²) in [5.74, 6) is -0.439. The normalized spacial score (nSPS) is 33.5. The highest BCUT2D eigenvalue weighted by molar-refractivity contribution is 9.12. The summed E-state index contributed by atoms with van der Waals surface area (Å²) in [6.07, 6.45) is 1.82. The number of nitrogens with one attached hydrogen (secondary N) is 1. The molecule has 1 aliphatic heterocycles. The second-order valence-electron chi connectivity index (χ2n) is 7.79. The number of hydrogen-bond acceptors (Lipinski definition) is 3. The molecule has 6 atom stereocenters. The molecule has 0 radical (unpaired) electrons. The van der Waals surface area contributed by atoms with E-state index in [1.54, 1.807) is 0 Å². The van der Waals surface area contributed by atoms with Crippen LogP contribution in [0.25, 0.3) is 0 Å². The van der Waals surface area contributed by atoms with Crippen molar-refractivity contribution >= 4 is 71.2 Å². The zero-order valence-corrected chi connectivity index (χ0v) is 20.1. The van der Waals surface area contributed by atoms with E-state index < -0.39 is 0 Å². The monoisotopic (exact) mass is 574 g/mol. The van der Waals surface area contributed by atoms with Gasteiger partial charge < -0.3 is 5.32 Å². The highest BCUT2D eigenvalue weighted by Gasteiger charge is 2.66. The molecule has 150 valence electrons. The Hall–Kier alpha value is -0.730. The third-order valence-electron chi connectivity index (χ3n) is 6.36. The second-order valence-corrected chi connectivity index (χ2v) is 10.8. The highest BCUT2D eigenvalue weighted by Crippen LogP contribution is 2.60. The first-order valence-corrected chi connectivity index (χ1v) is 12.2. The Morgan fingerprint density at radius 2 is 1.75 bits per heavy atom. The van der Waals surface area contributed by atoms with E-state index >= 15 is 0 Å². The number of nitrogens with zero attached hydrogens (tertiary/aromatic N) is 1. The molecule has 1 saturated heterocycles. The van der Waals surface area contributed by atoms with Crippen molar-refractivity contribution in [1.82, 2.24) is 4.90 Å². The van der Waals surface area contributed by atoms with Gasteiger partial charge in [-0.05, 0) is 48.4 Å². The number of aryl methyl sites for hydroxylation is 1. The molecule has 2 saturated carbocycles. The number of halogens is 3. The molecule has 3 fully saturated rings. The molecule has 28 heavy (non-hydrogen) atoms. The largest absolute Gasteiger partial charge is 0.326 e. The SMILES string of the molecule is CCc1cc(Br)ccc1NC(=O)CCN1C(=O)[C@@H]2[C@H]3C[C@@H]([C@@H](Br)[C@@H]3Br)[C@@H]2C1=O. The molecule has 8 heteroatoms. The van der Waals surface area contributed by atoms with E-state index in [-0.39, 0.29) is 64.0 Å². The van der Waals surface area contributed by atoms with Crippen LogP contribution in [0.1, 0.15) is 25.3 Å². The van der Waals surface area contributed by atoms with E-state index in [1.807, 2.05) is 25.1 Å². The maximum Gasteiger partial charge on any atom is 0.233 e. The molecule has 0 unspecified atom stereocenters. The van der Waals surface area contributed by atoms with E-state index in [1.165, 1.54) is 4.90 Å². The number of hydrogen-bond donors (Lipinski definition) is 1. The van der Waals surface area contributed by atoms with Gasteiger partial charge >= 0.3 is 0 Å². The fourth-order valence-electron chi connectivity index (χ4n) is 5.03. The average molecular weight is 577 g/mol. The Labute approximate surface area is 189 Å². The minimum Gasteiger partial charge on any atom is -0.326 e. The summed E-state index contributed by atoms with van der Waals surface area (Å²) in [7, 11) is 0. The zero-order chi connectivity index (χ0) is 20.2. The van der Waals surface area contributed by atoms with Crippen LogP contribution < -0.4 is 5.32 Å². The number of rotatable bonds is 5. The number of carbonyl (C=O) groups is 3. The predicted octanol–water partition coefficient (Wildman–Crippen LogP) is 4.12. The minimum absolute atomic E-state index is 0.1000. The molecule has 5 nitrogen and oxygen atoms in total. The van der Waals surface area contributed by atoms with E-state index in [4.69, 9.17) is 0 Å². The average Bonchev–Trinajstić information content (AvgIpc) is 3.27. The third-order valence-corrected chi connectivity index (χ3v) is 10.1. The number of carbonyl (C=O) groups excluding carboxylic acids is 3. The van der Waals surface area contributed by atoms with Gasteiger partial charge in [0.1, 0.15) is 0 Å². The van der Waals surface area contributed by atoms with Crippen molar-refractivity contribution in [3.63, 3.8) is 0 Å². The van der Waals surface area contributed by atoms with E-state index in [0.29, 0.717) is 0 Å².